The molecule has 2 rings (SSSR count). The van der Waals surface area contributed by atoms with Crippen LogP contribution in [0.15, 0.2) is 47.4 Å². The Balaban J connectivity index is 2.21. The number of carboxylic acids is 1. The van der Waals surface area contributed by atoms with E-state index in [-0.39, 0.29) is 18.5 Å². The van der Waals surface area contributed by atoms with E-state index in [1.54, 1.807) is 13.0 Å². The van der Waals surface area contributed by atoms with Crippen LogP contribution in [-0.4, -0.2) is 46.0 Å². The fourth-order valence-electron chi connectivity index (χ4n) is 3.34. The third-order valence-electron chi connectivity index (χ3n) is 4.94. The highest BCUT2D eigenvalue weighted by atomic mass is 19.1. The van der Waals surface area contributed by atoms with E-state index in [0.717, 1.165) is 15.7 Å². The summed E-state index contributed by atoms with van der Waals surface area (Å²) in [5, 5.41) is 13.7. The van der Waals surface area contributed by atoms with E-state index in [1.165, 1.54) is 18.3 Å². The molecule has 2 aromatic rings. The zero-order valence-electron chi connectivity index (χ0n) is 18.3. The Hall–Kier alpha value is -3.82. The number of amides is 2. The number of halogens is 1. The number of hydrogen-bond donors (Lipinski definition) is 3. The highest BCUT2D eigenvalue weighted by Gasteiger charge is 2.28. The second-order valence-corrected chi connectivity index (χ2v) is 7.53. The number of Topliss-reactive ketones (excluding diaryl/α,β-unsaturated/α-hetero) is 1. The number of anilines is 1. The van der Waals surface area contributed by atoms with Crippen LogP contribution in [0, 0.1) is 6.92 Å². The van der Waals surface area contributed by atoms with Gasteiger partial charge in [-0.2, -0.15) is 0 Å². The van der Waals surface area contributed by atoms with Gasteiger partial charge in [0.1, 0.15) is 24.4 Å². The van der Waals surface area contributed by atoms with E-state index in [4.69, 9.17) is 5.11 Å². The lowest BCUT2D eigenvalue weighted by molar-refractivity contribution is -0.140. The minimum Gasteiger partial charge on any atom is -0.481 e. The van der Waals surface area contributed by atoms with Crippen molar-refractivity contribution in [3.05, 3.63) is 64.1 Å². The van der Waals surface area contributed by atoms with Gasteiger partial charge in [-0.1, -0.05) is 36.8 Å². The van der Waals surface area contributed by atoms with Crippen LogP contribution in [0.2, 0.25) is 0 Å². The largest absolute Gasteiger partial charge is 0.481 e. The van der Waals surface area contributed by atoms with Crippen molar-refractivity contribution in [1.29, 1.82) is 0 Å². The van der Waals surface area contributed by atoms with Crippen LogP contribution in [0.25, 0.3) is 0 Å². The van der Waals surface area contributed by atoms with Gasteiger partial charge in [0.2, 0.25) is 11.8 Å². The van der Waals surface area contributed by atoms with Crippen molar-refractivity contribution in [2.45, 2.75) is 45.2 Å². The number of ketones is 1. The lowest BCUT2D eigenvalue weighted by Crippen LogP contribution is -2.47. The number of benzene rings is 1. The molecule has 176 valence electrons. The van der Waals surface area contributed by atoms with Crippen molar-refractivity contribution in [2.24, 2.45) is 0 Å². The maximum Gasteiger partial charge on any atom is 0.305 e. The highest BCUT2D eigenvalue weighted by Crippen LogP contribution is 2.13. The van der Waals surface area contributed by atoms with Crippen LogP contribution in [0.1, 0.15) is 36.9 Å². The van der Waals surface area contributed by atoms with E-state index >= 15 is 0 Å². The van der Waals surface area contributed by atoms with Gasteiger partial charge in [0, 0.05) is 6.20 Å². The number of alkyl halides is 1. The Morgan fingerprint density at radius 1 is 1.15 bits per heavy atom. The van der Waals surface area contributed by atoms with Crippen LogP contribution in [0.4, 0.5) is 10.1 Å². The zero-order chi connectivity index (χ0) is 24.5. The fourth-order valence-corrected chi connectivity index (χ4v) is 3.34. The first-order chi connectivity index (χ1) is 15.7. The Morgan fingerprint density at radius 3 is 2.48 bits per heavy atom. The molecule has 0 aliphatic heterocycles. The summed E-state index contributed by atoms with van der Waals surface area (Å²) in [6.07, 6.45) is 0.732. The van der Waals surface area contributed by atoms with E-state index in [9.17, 15) is 28.4 Å². The third-order valence-corrected chi connectivity index (χ3v) is 4.94. The van der Waals surface area contributed by atoms with Crippen LogP contribution >= 0.6 is 0 Å². The van der Waals surface area contributed by atoms with Gasteiger partial charge in [0.15, 0.2) is 5.78 Å². The molecule has 33 heavy (non-hydrogen) atoms. The number of nitrogens with zero attached hydrogens (tertiary/aromatic N) is 1. The van der Waals surface area contributed by atoms with E-state index in [0.29, 0.717) is 0 Å². The van der Waals surface area contributed by atoms with Crippen molar-refractivity contribution in [3.8, 4) is 0 Å². The van der Waals surface area contributed by atoms with Crippen LogP contribution in [-0.2, 0) is 25.6 Å². The molecule has 0 bridgehead atoms. The molecule has 0 saturated carbocycles. The molecule has 1 heterocycles. The summed E-state index contributed by atoms with van der Waals surface area (Å²) in [5.41, 5.74) is 1.08. The summed E-state index contributed by atoms with van der Waals surface area (Å²) in [7, 11) is 0. The summed E-state index contributed by atoms with van der Waals surface area (Å²) in [4.78, 5) is 60.7. The fraction of sp³-hybridized carbons (Fsp3) is 0.348. The first-order valence-electron chi connectivity index (χ1n) is 10.3. The molecular formula is C23H26FN3O6. The Bertz CT molecular complexity index is 1100. The maximum absolute atomic E-state index is 12.9. The van der Waals surface area contributed by atoms with Gasteiger partial charge in [-0.05, 0) is 31.0 Å². The Labute approximate surface area is 189 Å². The van der Waals surface area contributed by atoms with Crippen molar-refractivity contribution in [2.75, 3.05) is 12.0 Å². The smallest absolute Gasteiger partial charge is 0.305 e. The van der Waals surface area contributed by atoms with Crippen LogP contribution in [0.3, 0.4) is 0 Å². The van der Waals surface area contributed by atoms with Crippen molar-refractivity contribution < 1.29 is 28.7 Å². The quantitative estimate of drug-likeness (QED) is 0.469. The molecule has 0 radical (unpaired) electrons. The minimum atomic E-state index is -1.55. The van der Waals surface area contributed by atoms with Gasteiger partial charge in [-0.3, -0.25) is 24.0 Å². The SMILES string of the molecule is CCC(C(=O)N[C@@H](CC(=O)O)C(=O)CF)n1cccc(NC(=O)Cc2cccc(C)c2)c1=O. The van der Waals surface area contributed by atoms with E-state index in [1.807, 2.05) is 25.1 Å². The number of hydrogen-bond acceptors (Lipinski definition) is 5. The molecule has 9 nitrogen and oxygen atoms in total. The summed E-state index contributed by atoms with van der Waals surface area (Å²) < 4.78 is 13.8. The minimum absolute atomic E-state index is 0.0386. The number of carbonyl (C=O) groups excluding carboxylic acids is 3. The van der Waals surface area contributed by atoms with E-state index in [2.05, 4.69) is 10.6 Å². The summed E-state index contributed by atoms with van der Waals surface area (Å²) in [6, 6.07) is 7.58. The molecule has 0 fully saturated rings. The molecule has 0 aliphatic rings. The number of nitrogens with one attached hydrogen (secondary N) is 2. The molecule has 1 aromatic heterocycles. The van der Waals surface area contributed by atoms with Gasteiger partial charge >= 0.3 is 5.97 Å². The standard InChI is InChI=1S/C23H26FN3O6/c1-3-18(22(32)26-17(12-21(30)31)19(28)13-24)27-9-5-8-16(23(27)33)25-20(29)11-15-7-4-6-14(2)10-15/h4-10,17-18H,3,11-13H2,1-2H3,(H,25,29)(H,26,32)(H,30,31)/t17-,18?/m0/s1. The number of carboxylic acid groups (broad SMARTS) is 1. The average Bonchev–Trinajstić information content (AvgIpc) is 2.75. The number of rotatable bonds is 11. The lowest BCUT2D eigenvalue weighted by Gasteiger charge is -2.22. The molecular weight excluding hydrogens is 433 g/mol. The molecule has 2 atom stereocenters. The molecule has 1 aromatic carbocycles. The van der Waals surface area contributed by atoms with Gasteiger partial charge in [0.25, 0.3) is 5.56 Å². The highest BCUT2D eigenvalue weighted by molar-refractivity contribution is 5.94. The Morgan fingerprint density at radius 2 is 1.88 bits per heavy atom. The van der Waals surface area contributed by atoms with Crippen molar-refractivity contribution in [3.63, 3.8) is 0 Å². The number of aromatic nitrogens is 1. The molecule has 0 saturated heterocycles. The van der Waals surface area contributed by atoms with Gasteiger partial charge in [0.05, 0.1) is 12.8 Å². The van der Waals surface area contributed by atoms with E-state index < -0.39 is 54.3 Å². The van der Waals surface area contributed by atoms with Gasteiger partial charge in [-0.25, -0.2) is 4.39 Å². The molecule has 1 unspecified atom stereocenters. The average molecular weight is 459 g/mol. The summed E-state index contributed by atoms with van der Waals surface area (Å²) in [6.45, 7) is 2.08. The van der Waals surface area contributed by atoms with Crippen molar-refractivity contribution >= 4 is 29.3 Å². The Kier molecular flexibility index (Phi) is 9.02. The van der Waals surface area contributed by atoms with Crippen LogP contribution < -0.4 is 16.2 Å². The topological polar surface area (TPSA) is 135 Å². The predicted octanol–water partition coefficient (Wildman–Crippen LogP) is 1.79. The molecule has 0 aliphatic carbocycles. The first-order valence-corrected chi connectivity index (χ1v) is 10.3. The number of pyridine rings is 1. The van der Waals surface area contributed by atoms with Gasteiger partial charge < -0.3 is 20.3 Å². The number of carbonyl (C=O) groups is 4. The normalized spacial score (nSPS) is 12.5. The number of aryl methyl sites for hydroxylation is 1. The van der Waals surface area contributed by atoms with Gasteiger partial charge in [-0.15, -0.1) is 0 Å². The number of aliphatic carboxylic acids is 1. The first kappa shape index (κ1) is 25.4. The second-order valence-electron chi connectivity index (χ2n) is 7.53. The van der Waals surface area contributed by atoms with Crippen LogP contribution in [0.5, 0.6) is 0 Å². The molecule has 0 spiro atoms. The lowest BCUT2D eigenvalue weighted by atomic mass is 10.1. The molecule has 2 amide bonds. The zero-order valence-corrected chi connectivity index (χ0v) is 18.3. The molecule has 10 heteroatoms. The molecule has 3 N–H and O–H groups in total. The van der Waals surface area contributed by atoms with Crippen molar-refractivity contribution in [1.82, 2.24) is 9.88 Å². The maximum atomic E-state index is 12.9. The summed E-state index contributed by atoms with van der Waals surface area (Å²) >= 11 is 0. The second kappa shape index (κ2) is 11.7. The monoisotopic (exact) mass is 459 g/mol. The summed E-state index contributed by atoms with van der Waals surface area (Å²) in [5.74, 6) is -3.69. The predicted molar refractivity (Wildman–Crippen MR) is 119 cm³/mol. The third kappa shape index (κ3) is 7.09.